The number of amides is 2. The van der Waals surface area contributed by atoms with Crippen LogP contribution in [-0.4, -0.2) is 42.1 Å². The van der Waals surface area contributed by atoms with E-state index in [-0.39, 0.29) is 24.0 Å². The number of para-hydroxylation sites is 1. The Morgan fingerprint density at radius 2 is 1.89 bits per heavy atom. The van der Waals surface area contributed by atoms with Gasteiger partial charge in [0.2, 0.25) is 11.8 Å². The van der Waals surface area contributed by atoms with E-state index >= 15 is 0 Å². The summed E-state index contributed by atoms with van der Waals surface area (Å²) >= 11 is 1.47. The van der Waals surface area contributed by atoms with E-state index in [4.69, 9.17) is 0 Å². The third-order valence-corrected chi connectivity index (χ3v) is 5.01. The van der Waals surface area contributed by atoms with Gasteiger partial charge >= 0.3 is 0 Å². The number of carbonyl (C=O) groups excluding carboxylic acids is 2. The summed E-state index contributed by atoms with van der Waals surface area (Å²) < 4.78 is 0. The van der Waals surface area contributed by atoms with Gasteiger partial charge < -0.3 is 15.5 Å². The lowest BCUT2D eigenvalue weighted by Gasteiger charge is -2.28. The average molecular weight is 386 g/mol. The summed E-state index contributed by atoms with van der Waals surface area (Å²) in [5.41, 5.74) is 1.52. The number of thioether (sulfide) groups is 1. The van der Waals surface area contributed by atoms with E-state index < -0.39 is 4.92 Å². The third-order valence-electron chi connectivity index (χ3n) is 3.96. The van der Waals surface area contributed by atoms with E-state index in [0.29, 0.717) is 18.8 Å². The van der Waals surface area contributed by atoms with Crippen LogP contribution in [0.4, 0.5) is 17.1 Å². The molecule has 2 amide bonds. The number of nitrogens with one attached hydrogen (secondary N) is 2. The molecule has 1 heterocycles. The molecule has 140 valence electrons. The number of rotatable bonds is 7. The van der Waals surface area contributed by atoms with Gasteiger partial charge in [-0.1, -0.05) is 12.1 Å². The minimum atomic E-state index is -0.456. The number of carbonyl (C=O) groups is 2. The molecule has 0 bridgehead atoms. The van der Waals surface area contributed by atoms with Crippen LogP contribution in [0.25, 0.3) is 0 Å². The number of nitro groups is 1. The van der Waals surface area contributed by atoms with E-state index in [1.54, 1.807) is 12.1 Å². The van der Waals surface area contributed by atoms with Crippen molar-refractivity contribution in [3.8, 4) is 0 Å². The normalized spacial score (nSPS) is 13.0. The van der Waals surface area contributed by atoms with Crippen molar-refractivity contribution < 1.29 is 14.5 Å². The first-order chi connectivity index (χ1) is 13.0. The van der Waals surface area contributed by atoms with Crippen LogP contribution in [0.5, 0.6) is 0 Å². The van der Waals surface area contributed by atoms with Crippen molar-refractivity contribution in [1.82, 2.24) is 5.32 Å². The highest BCUT2D eigenvalue weighted by Gasteiger charge is 2.25. The quantitative estimate of drug-likeness (QED) is 0.430. The predicted molar refractivity (Wildman–Crippen MR) is 104 cm³/mol. The molecule has 0 saturated carbocycles. The Balaban J connectivity index is 1.46. The molecule has 0 aromatic heterocycles. The first-order valence-corrected chi connectivity index (χ1v) is 9.30. The number of hydrogen-bond donors (Lipinski definition) is 2. The highest BCUT2D eigenvalue weighted by molar-refractivity contribution is 8.00. The Labute approximate surface area is 160 Å². The summed E-state index contributed by atoms with van der Waals surface area (Å²) in [5.74, 6) is -0.000159. The summed E-state index contributed by atoms with van der Waals surface area (Å²) in [4.78, 5) is 37.0. The highest BCUT2D eigenvalue weighted by Crippen LogP contribution is 2.34. The molecule has 0 fully saturated rings. The van der Waals surface area contributed by atoms with Crippen LogP contribution in [0.3, 0.4) is 0 Å². The zero-order valence-electron chi connectivity index (χ0n) is 14.4. The second-order valence-corrected chi connectivity index (χ2v) is 6.83. The maximum atomic E-state index is 12.2. The van der Waals surface area contributed by atoms with Crippen LogP contribution in [0.2, 0.25) is 0 Å². The van der Waals surface area contributed by atoms with Crippen molar-refractivity contribution in [2.75, 3.05) is 35.6 Å². The maximum absolute atomic E-state index is 12.2. The van der Waals surface area contributed by atoms with Gasteiger partial charge in [0.05, 0.1) is 16.4 Å². The van der Waals surface area contributed by atoms with Gasteiger partial charge in [0, 0.05) is 35.8 Å². The smallest absolute Gasteiger partial charge is 0.269 e. The zero-order chi connectivity index (χ0) is 19.2. The molecule has 27 heavy (non-hydrogen) atoms. The van der Waals surface area contributed by atoms with E-state index in [1.807, 2.05) is 24.3 Å². The van der Waals surface area contributed by atoms with E-state index in [2.05, 4.69) is 10.6 Å². The summed E-state index contributed by atoms with van der Waals surface area (Å²) in [5, 5.41) is 16.5. The van der Waals surface area contributed by atoms with Gasteiger partial charge in [0.1, 0.15) is 6.54 Å². The first-order valence-electron chi connectivity index (χ1n) is 8.32. The Morgan fingerprint density at radius 1 is 1.15 bits per heavy atom. The Hall–Kier alpha value is -3.07. The second kappa shape index (κ2) is 8.54. The van der Waals surface area contributed by atoms with Crippen molar-refractivity contribution in [1.29, 1.82) is 0 Å². The summed E-state index contributed by atoms with van der Waals surface area (Å²) in [6.45, 7) is 0.812. The molecule has 0 aliphatic carbocycles. The monoisotopic (exact) mass is 386 g/mol. The molecule has 0 saturated heterocycles. The molecule has 1 aliphatic rings. The molecule has 2 N–H and O–H groups in total. The summed E-state index contributed by atoms with van der Waals surface area (Å²) in [6.07, 6.45) is 0. The topological polar surface area (TPSA) is 105 Å². The van der Waals surface area contributed by atoms with E-state index in [1.165, 1.54) is 28.8 Å². The molecule has 1 aliphatic heterocycles. The van der Waals surface area contributed by atoms with Gasteiger partial charge in [-0.15, -0.1) is 11.8 Å². The number of nitrogens with zero attached hydrogens (tertiary/aromatic N) is 2. The third kappa shape index (κ3) is 4.76. The van der Waals surface area contributed by atoms with E-state index in [9.17, 15) is 19.7 Å². The van der Waals surface area contributed by atoms with E-state index in [0.717, 1.165) is 16.3 Å². The van der Waals surface area contributed by atoms with Crippen molar-refractivity contribution in [3.05, 3.63) is 58.6 Å². The van der Waals surface area contributed by atoms with Crippen molar-refractivity contribution in [2.24, 2.45) is 0 Å². The zero-order valence-corrected chi connectivity index (χ0v) is 15.2. The lowest BCUT2D eigenvalue weighted by atomic mass is 10.2. The Bertz CT molecular complexity index is 857. The van der Waals surface area contributed by atoms with Gasteiger partial charge in [-0.25, -0.2) is 0 Å². The number of non-ortho nitro benzene ring substituents is 1. The van der Waals surface area contributed by atoms with Gasteiger partial charge in [0.15, 0.2) is 0 Å². The number of hydrogen-bond acceptors (Lipinski definition) is 6. The molecule has 0 unspecified atom stereocenters. The second-order valence-electron chi connectivity index (χ2n) is 5.82. The highest BCUT2D eigenvalue weighted by atomic mass is 32.2. The molecule has 8 nitrogen and oxygen atoms in total. The standard InChI is InChI=1S/C18H18N4O4S/c23-17(11-21-15-3-1-2-4-16(15)27-12-18(21)24)20-10-9-19-13-5-7-14(8-6-13)22(25)26/h1-8,19H,9-12H2,(H,20,23). The van der Waals surface area contributed by atoms with Crippen LogP contribution >= 0.6 is 11.8 Å². The lowest BCUT2D eigenvalue weighted by Crippen LogP contribution is -2.44. The van der Waals surface area contributed by atoms with Crippen molar-refractivity contribution in [3.63, 3.8) is 0 Å². The van der Waals surface area contributed by atoms with Crippen molar-refractivity contribution in [2.45, 2.75) is 4.90 Å². The first kappa shape index (κ1) is 18.7. The summed E-state index contributed by atoms with van der Waals surface area (Å²) in [6, 6.07) is 13.6. The number of anilines is 2. The molecule has 0 radical (unpaired) electrons. The summed E-state index contributed by atoms with van der Waals surface area (Å²) in [7, 11) is 0. The lowest BCUT2D eigenvalue weighted by molar-refractivity contribution is -0.384. The molecule has 2 aromatic carbocycles. The fraction of sp³-hybridized carbons (Fsp3) is 0.222. The molecular formula is C18H18N4O4S. The van der Waals surface area contributed by atoms with Crippen LogP contribution in [0.1, 0.15) is 0 Å². The molecule has 2 aromatic rings. The fourth-order valence-electron chi connectivity index (χ4n) is 2.64. The molecule has 0 atom stereocenters. The van der Waals surface area contributed by atoms with Gasteiger partial charge in [-0.3, -0.25) is 19.7 Å². The molecule has 9 heteroatoms. The maximum Gasteiger partial charge on any atom is 0.269 e. The number of fused-ring (bicyclic) bond motifs is 1. The Kier molecular flexibility index (Phi) is 5.92. The van der Waals surface area contributed by atoms with Crippen LogP contribution in [0.15, 0.2) is 53.4 Å². The number of nitro benzene ring substituents is 1. The fourth-order valence-corrected chi connectivity index (χ4v) is 3.57. The van der Waals surface area contributed by atoms with Gasteiger partial charge in [-0.2, -0.15) is 0 Å². The number of benzene rings is 2. The van der Waals surface area contributed by atoms with Crippen molar-refractivity contribution >= 4 is 40.6 Å². The Morgan fingerprint density at radius 3 is 2.63 bits per heavy atom. The largest absolute Gasteiger partial charge is 0.383 e. The molecule has 0 spiro atoms. The van der Waals surface area contributed by atoms with Crippen LogP contribution < -0.4 is 15.5 Å². The van der Waals surface area contributed by atoms with Gasteiger partial charge in [0.25, 0.3) is 5.69 Å². The minimum Gasteiger partial charge on any atom is -0.383 e. The van der Waals surface area contributed by atoms with Crippen LogP contribution in [0, 0.1) is 10.1 Å². The molecular weight excluding hydrogens is 368 g/mol. The molecule has 3 rings (SSSR count). The SMILES string of the molecule is O=C(CN1C(=O)CSc2ccccc21)NCCNc1ccc([N+](=O)[O-])cc1. The van der Waals surface area contributed by atoms with Crippen LogP contribution in [-0.2, 0) is 9.59 Å². The minimum absolute atomic E-state index is 0.0199. The van der Waals surface area contributed by atoms with Gasteiger partial charge in [-0.05, 0) is 24.3 Å². The average Bonchev–Trinajstić information content (AvgIpc) is 2.68. The predicted octanol–water partition coefficient (Wildman–Crippen LogP) is 2.26.